The Hall–Kier alpha value is -0.0500. The molecule has 0 aliphatic heterocycles. The second-order valence-corrected chi connectivity index (χ2v) is 3.60. The number of halogens is 1. The highest BCUT2D eigenvalue weighted by molar-refractivity contribution is 9.09. The smallest absolute Gasteiger partial charge is 0.309 e. The summed E-state index contributed by atoms with van der Waals surface area (Å²) in [5, 5.41) is 0.914. The lowest BCUT2D eigenvalue weighted by molar-refractivity contribution is -0.145. The molecule has 3 heteroatoms. The molecule has 1 saturated carbocycles. The van der Waals surface area contributed by atoms with Gasteiger partial charge in [-0.15, -0.1) is 0 Å². The van der Waals surface area contributed by atoms with Crippen LogP contribution >= 0.6 is 15.9 Å². The molecule has 0 saturated heterocycles. The molecule has 0 amide bonds. The van der Waals surface area contributed by atoms with Crippen LogP contribution in [-0.2, 0) is 9.53 Å². The molecule has 0 aromatic carbocycles. The number of carbonyl (C=O) groups excluding carboxylic acids is 1. The van der Waals surface area contributed by atoms with Gasteiger partial charge in [-0.25, -0.2) is 0 Å². The minimum Gasteiger partial charge on any atom is -0.466 e. The van der Waals surface area contributed by atoms with E-state index in [-0.39, 0.29) is 11.9 Å². The zero-order valence-electron chi connectivity index (χ0n) is 6.84. The summed E-state index contributed by atoms with van der Waals surface area (Å²) < 4.78 is 4.91. The maximum Gasteiger partial charge on any atom is 0.309 e. The van der Waals surface area contributed by atoms with Crippen molar-refractivity contribution in [1.29, 1.82) is 0 Å². The highest BCUT2D eigenvalue weighted by Crippen LogP contribution is 2.47. The van der Waals surface area contributed by atoms with E-state index >= 15 is 0 Å². The Bertz CT molecular complexity index is 158. The van der Waals surface area contributed by atoms with E-state index in [0.717, 1.165) is 5.33 Å². The zero-order chi connectivity index (χ0) is 8.43. The topological polar surface area (TPSA) is 26.3 Å². The molecule has 0 radical (unpaired) electrons. The maximum atomic E-state index is 11.1. The number of rotatable bonds is 3. The van der Waals surface area contributed by atoms with E-state index < -0.39 is 0 Å². The van der Waals surface area contributed by atoms with Gasteiger partial charge in [-0.05, 0) is 18.8 Å². The molecule has 0 N–H and O–H groups in total. The van der Waals surface area contributed by atoms with E-state index in [1.165, 1.54) is 0 Å². The first-order chi connectivity index (χ1) is 5.22. The monoisotopic (exact) mass is 220 g/mol. The Morgan fingerprint density at radius 2 is 2.27 bits per heavy atom. The third kappa shape index (κ3) is 1.75. The van der Waals surface area contributed by atoms with Crippen LogP contribution in [0.3, 0.4) is 0 Å². The predicted molar refractivity (Wildman–Crippen MR) is 46.6 cm³/mol. The van der Waals surface area contributed by atoms with Crippen molar-refractivity contribution in [1.82, 2.24) is 0 Å². The molecule has 0 aromatic heterocycles. The average Bonchev–Trinajstić information content (AvgIpc) is 2.61. The van der Waals surface area contributed by atoms with Crippen LogP contribution in [0.1, 0.15) is 13.8 Å². The van der Waals surface area contributed by atoms with Gasteiger partial charge in [0.05, 0.1) is 12.5 Å². The van der Waals surface area contributed by atoms with Crippen LogP contribution in [0.5, 0.6) is 0 Å². The maximum absolute atomic E-state index is 11.1. The summed E-state index contributed by atoms with van der Waals surface area (Å²) in [6, 6.07) is 0. The van der Waals surface area contributed by atoms with Gasteiger partial charge in [-0.2, -0.15) is 0 Å². The van der Waals surface area contributed by atoms with E-state index in [1.807, 2.05) is 6.92 Å². The fraction of sp³-hybridized carbons (Fsp3) is 0.875. The second-order valence-electron chi connectivity index (χ2n) is 2.96. The van der Waals surface area contributed by atoms with Crippen molar-refractivity contribution in [2.45, 2.75) is 13.8 Å². The van der Waals surface area contributed by atoms with Crippen LogP contribution < -0.4 is 0 Å². The number of hydrogen-bond acceptors (Lipinski definition) is 2. The summed E-state index contributed by atoms with van der Waals surface area (Å²) in [5.74, 6) is 1.15. The standard InChI is InChI=1S/C8H13BrO2/c1-3-11-8(10)7-5(2)6(7)4-9/h5-7H,3-4H2,1-2H3/t5-,6+,7+/m0/s1. The van der Waals surface area contributed by atoms with Gasteiger partial charge >= 0.3 is 5.97 Å². The van der Waals surface area contributed by atoms with Gasteiger partial charge < -0.3 is 4.74 Å². The summed E-state index contributed by atoms with van der Waals surface area (Å²) in [6.07, 6.45) is 0. The Labute approximate surface area is 75.4 Å². The Morgan fingerprint density at radius 3 is 2.64 bits per heavy atom. The third-order valence-corrected chi connectivity index (χ3v) is 3.05. The summed E-state index contributed by atoms with van der Waals surface area (Å²) in [7, 11) is 0. The van der Waals surface area contributed by atoms with Gasteiger partial charge in [-0.3, -0.25) is 4.79 Å². The molecular weight excluding hydrogens is 208 g/mol. The second kappa shape index (κ2) is 3.57. The van der Waals surface area contributed by atoms with E-state index in [0.29, 0.717) is 18.4 Å². The summed E-state index contributed by atoms with van der Waals surface area (Å²) in [4.78, 5) is 11.1. The van der Waals surface area contributed by atoms with E-state index in [1.54, 1.807) is 0 Å². The molecule has 0 spiro atoms. The first-order valence-corrected chi connectivity index (χ1v) is 5.07. The molecule has 64 valence electrons. The lowest BCUT2D eigenvalue weighted by Gasteiger charge is -1.98. The normalized spacial score (nSPS) is 35.0. The Kier molecular flexibility index (Phi) is 2.93. The first kappa shape index (κ1) is 9.04. The first-order valence-electron chi connectivity index (χ1n) is 3.95. The molecule has 1 rings (SSSR count). The number of carbonyl (C=O) groups is 1. The highest BCUT2D eigenvalue weighted by Gasteiger charge is 2.51. The molecule has 0 bridgehead atoms. The number of ether oxygens (including phenoxy) is 1. The van der Waals surface area contributed by atoms with Crippen molar-refractivity contribution < 1.29 is 9.53 Å². The summed E-state index contributed by atoms with van der Waals surface area (Å²) in [5.41, 5.74) is 0. The quantitative estimate of drug-likeness (QED) is 0.536. The largest absolute Gasteiger partial charge is 0.466 e. The van der Waals surface area contributed by atoms with Crippen molar-refractivity contribution >= 4 is 21.9 Å². The fourth-order valence-corrected chi connectivity index (χ4v) is 2.40. The van der Waals surface area contributed by atoms with Crippen molar-refractivity contribution in [3.8, 4) is 0 Å². The molecular formula is C8H13BrO2. The van der Waals surface area contributed by atoms with Gasteiger partial charge in [0, 0.05) is 5.33 Å². The van der Waals surface area contributed by atoms with Crippen molar-refractivity contribution in [3.63, 3.8) is 0 Å². The van der Waals surface area contributed by atoms with E-state index in [2.05, 4.69) is 22.9 Å². The molecule has 2 nitrogen and oxygen atoms in total. The Balaban J connectivity index is 2.34. The molecule has 0 heterocycles. The van der Waals surface area contributed by atoms with Crippen LogP contribution in [0.4, 0.5) is 0 Å². The number of hydrogen-bond donors (Lipinski definition) is 0. The lowest BCUT2D eigenvalue weighted by Crippen LogP contribution is -2.08. The molecule has 11 heavy (non-hydrogen) atoms. The fourth-order valence-electron chi connectivity index (χ4n) is 1.41. The van der Waals surface area contributed by atoms with Crippen LogP contribution in [0.25, 0.3) is 0 Å². The number of esters is 1. The molecule has 0 unspecified atom stereocenters. The van der Waals surface area contributed by atoms with Crippen molar-refractivity contribution in [2.75, 3.05) is 11.9 Å². The molecule has 1 fully saturated rings. The van der Waals surface area contributed by atoms with Crippen LogP contribution in [0.2, 0.25) is 0 Å². The minimum absolute atomic E-state index is 0.0237. The van der Waals surface area contributed by atoms with Crippen molar-refractivity contribution in [3.05, 3.63) is 0 Å². The summed E-state index contributed by atoms with van der Waals surface area (Å²) >= 11 is 3.37. The van der Waals surface area contributed by atoms with Gasteiger partial charge in [-0.1, -0.05) is 22.9 Å². The van der Waals surface area contributed by atoms with Crippen molar-refractivity contribution in [2.24, 2.45) is 17.8 Å². The molecule has 1 aliphatic carbocycles. The summed E-state index contributed by atoms with van der Waals surface area (Å²) in [6.45, 7) is 4.43. The van der Waals surface area contributed by atoms with Gasteiger partial charge in [0.25, 0.3) is 0 Å². The van der Waals surface area contributed by atoms with Crippen LogP contribution in [0.15, 0.2) is 0 Å². The van der Waals surface area contributed by atoms with Crippen LogP contribution in [-0.4, -0.2) is 17.9 Å². The third-order valence-electron chi connectivity index (χ3n) is 2.30. The molecule has 1 aliphatic rings. The predicted octanol–water partition coefficient (Wildman–Crippen LogP) is 1.83. The van der Waals surface area contributed by atoms with Gasteiger partial charge in [0.1, 0.15) is 0 Å². The molecule has 3 atom stereocenters. The van der Waals surface area contributed by atoms with Gasteiger partial charge in [0.2, 0.25) is 0 Å². The lowest BCUT2D eigenvalue weighted by atomic mass is 10.3. The zero-order valence-corrected chi connectivity index (χ0v) is 8.43. The van der Waals surface area contributed by atoms with Crippen LogP contribution in [0, 0.1) is 17.8 Å². The highest BCUT2D eigenvalue weighted by atomic mass is 79.9. The van der Waals surface area contributed by atoms with Gasteiger partial charge in [0.15, 0.2) is 0 Å². The minimum atomic E-state index is -0.0237. The SMILES string of the molecule is CCOC(=O)[C@@H]1[C@@H](C)[C@H]1CBr. The van der Waals surface area contributed by atoms with E-state index in [4.69, 9.17) is 4.74 Å². The number of alkyl halides is 1. The average molecular weight is 221 g/mol. The van der Waals surface area contributed by atoms with E-state index in [9.17, 15) is 4.79 Å². The molecule has 0 aromatic rings. The Morgan fingerprint density at radius 1 is 1.64 bits per heavy atom.